The molecule has 0 radical (unpaired) electrons. The molecule has 0 unspecified atom stereocenters. The van der Waals surface area contributed by atoms with Crippen molar-refractivity contribution in [2.24, 2.45) is 0 Å². The number of ether oxygens (including phenoxy) is 2. The van der Waals surface area contributed by atoms with E-state index in [2.05, 4.69) is 22.6 Å². The largest absolute Gasteiger partial charge is 0.493 e. The average molecular weight is 699 g/mol. The van der Waals surface area contributed by atoms with Crippen molar-refractivity contribution in [2.45, 2.75) is 6.61 Å². The molecule has 0 saturated carbocycles. The second-order valence-electron chi connectivity index (χ2n) is 8.86. The number of barbiturate groups is 1. The molecule has 0 aliphatic carbocycles. The topological polar surface area (TPSA) is 76.2 Å². The van der Waals surface area contributed by atoms with E-state index in [1.165, 1.54) is 13.2 Å². The van der Waals surface area contributed by atoms with Crippen LogP contribution in [0.2, 0.25) is 10.0 Å². The summed E-state index contributed by atoms with van der Waals surface area (Å²) in [5.74, 6) is -0.579. The molecule has 1 fully saturated rings. The van der Waals surface area contributed by atoms with Crippen molar-refractivity contribution in [3.63, 3.8) is 0 Å². The first-order valence-corrected chi connectivity index (χ1v) is 14.1. The van der Waals surface area contributed by atoms with Crippen LogP contribution in [0, 0.1) is 3.57 Å². The van der Waals surface area contributed by atoms with E-state index >= 15 is 0 Å². The van der Waals surface area contributed by atoms with Gasteiger partial charge in [0.05, 0.1) is 32.1 Å². The molecule has 0 atom stereocenters. The predicted octanol–water partition coefficient (Wildman–Crippen LogP) is 7.77. The third kappa shape index (κ3) is 5.95. The lowest BCUT2D eigenvalue weighted by atomic mass is 10.0. The number of hydrogen-bond acceptors (Lipinski definition) is 5. The van der Waals surface area contributed by atoms with Crippen molar-refractivity contribution in [3.8, 4) is 11.5 Å². The Morgan fingerprint density at radius 1 is 0.780 bits per heavy atom. The van der Waals surface area contributed by atoms with Crippen molar-refractivity contribution in [1.29, 1.82) is 0 Å². The molecule has 1 aliphatic heterocycles. The van der Waals surface area contributed by atoms with Crippen molar-refractivity contribution < 1.29 is 23.9 Å². The van der Waals surface area contributed by atoms with E-state index in [0.29, 0.717) is 42.1 Å². The number of para-hydroxylation sites is 2. The zero-order valence-corrected chi connectivity index (χ0v) is 25.2. The van der Waals surface area contributed by atoms with E-state index in [1.54, 1.807) is 84.9 Å². The zero-order chi connectivity index (χ0) is 29.1. The van der Waals surface area contributed by atoms with Crippen LogP contribution in [0.5, 0.6) is 11.5 Å². The summed E-state index contributed by atoms with van der Waals surface area (Å²) in [5, 5.41) is 0.871. The zero-order valence-electron chi connectivity index (χ0n) is 21.5. The molecular weight excluding hydrogens is 678 g/mol. The monoisotopic (exact) mass is 698 g/mol. The van der Waals surface area contributed by atoms with Crippen molar-refractivity contribution in [3.05, 3.63) is 121 Å². The number of carbonyl (C=O) groups is 3. The summed E-state index contributed by atoms with van der Waals surface area (Å²) in [6.07, 6.45) is 1.45. The molecule has 7 nitrogen and oxygen atoms in total. The first-order chi connectivity index (χ1) is 19.8. The first kappa shape index (κ1) is 28.7. The summed E-state index contributed by atoms with van der Waals surface area (Å²) >= 11 is 14.2. The Morgan fingerprint density at radius 3 is 1.90 bits per heavy atom. The maximum atomic E-state index is 13.7. The van der Waals surface area contributed by atoms with Crippen LogP contribution in [0.3, 0.4) is 0 Å². The molecule has 4 aromatic carbocycles. The van der Waals surface area contributed by atoms with Gasteiger partial charge in [0.1, 0.15) is 12.2 Å². The molecule has 41 heavy (non-hydrogen) atoms. The summed E-state index contributed by atoms with van der Waals surface area (Å²) in [6.45, 7) is 0.209. The highest BCUT2D eigenvalue weighted by Crippen LogP contribution is 2.37. The van der Waals surface area contributed by atoms with E-state index in [-0.39, 0.29) is 12.2 Å². The Kier molecular flexibility index (Phi) is 8.63. The third-order valence-electron chi connectivity index (χ3n) is 6.21. The summed E-state index contributed by atoms with van der Waals surface area (Å²) in [5.41, 5.74) is 1.84. The lowest BCUT2D eigenvalue weighted by Gasteiger charge is -2.34. The first-order valence-electron chi connectivity index (χ1n) is 12.3. The minimum Gasteiger partial charge on any atom is -0.493 e. The molecule has 1 heterocycles. The van der Waals surface area contributed by atoms with Gasteiger partial charge in [-0.05, 0) is 88.3 Å². The number of benzene rings is 4. The third-order valence-corrected chi connectivity index (χ3v) is 7.75. The van der Waals surface area contributed by atoms with Gasteiger partial charge in [-0.2, -0.15) is 0 Å². The lowest BCUT2D eigenvalue weighted by molar-refractivity contribution is -0.121. The number of imide groups is 2. The lowest BCUT2D eigenvalue weighted by Crippen LogP contribution is -2.57. The Morgan fingerprint density at radius 2 is 1.37 bits per heavy atom. The molecular formula is C31H21Cl2IN2O5. The second-order valence-corrected chi connectivity index (χ2v) is 10.8. The maximum Gasteiger partial charge on any atom is 0.343 e. The smallest absolute Gasteiger partial charge is 0.343 e. The highest BCUT2D eigenvalue weighted by molar-refractivity contribution is 14.1. The fourth-order valence-electron chi connectivity index (χ4n) is 4.25. The Balaban J connectivity index is 1.53. The van der Waals surface area contributed by atoms with Crippen LogP contribution in [0.4, 0.5) is 16.2 Å². The standard InChI is InChI=1S/C31H21Cl2IN2O5/c1-40-27-17-20(16-26(34)28(27)41-18-19-12-13-24(32)25(33)15-19)14-23-29(37)35(21-8-4-2-5-9-21)31(39)36(30(23)38)22-10-6-3-7-11-22/h2-17H,18H2,1H3. The number of rotatable bonds is 7. The van der Waals surface area contributed by atoms with E-state index in [9.17, 15) is 14.4 Å². The fraction of sp³-hybridized carbons (Fsp3) is 0.0645. The van der Waals surface area contributed by atoms with Gasteiger partial charge in [0.2, 0.25) is 0 Å². The molecule has 5 rings (SSSR count). The van der Waals surface area contributed by atoms with Gasteiger partial charge in [-0.1, -0.05) is 65.7 Å². The molecule has 10 heteroatoms. The minimum atomic E-state index is -0.757. The number of halogens is 3. The molecule has 1 aliphatic rings. The van der Waals surface area contributed by atoms with Gasteiger partial charge < -0.3 is 9.47 Å². The number of amides is 4. The van der Waals surface area contributed by atoms with E-state index in [4.69, 9.17) is 32.7 Å². The number of hydrogen-bond donors (Lipinski definition) is 0. The van der Waals surface area contributed by atoms with Crippen molar-refractivity contribution in [1.82, 2.24) is 0 Å². The normalized spacial score (nSPS) is 13.5. The van der Waals surface area contributed by atoms with E-state index in [1.807, 2.05) is 6.07 Å². The van der Waals surface area contributed by atoms with Crippen LogP contribution in [0.1, 0.15) is 11.1 Å². The predicted molar refractivity (Wildman–Crippen MR) is 168 cm³/mol. The van der Waals surface area contributed by atoms with Crippen LogP contribution < -0.4 is 19.3 Å². The number of methoxy groups -OCH3 is 1. The summed E-state index contributed by atoms with van der Waals surface area (Å²) in [6, 6.07) is 24.9. The van der Waals surface area contributed by atoms with Crippen LogP contribution in [-0.4, -0.2) is 25.0 Å². The maximum absolute atomic E-state index is 13.7. The quantitative estimate of drug-likeness (QED) is 0.112. The average Bonchev–Trinajstić information content (AvgIpc) is 2.97. The van der Waals surface area contributed by atoms with Crippen LogP contribution in [0.15, 0.2) is 96.6 Å². The van der Waals surface area contributed by atoms with Crippen LogP contribution in [0.25, 0.3) is 6.08 Å². The number of nitrogens with zero attached hydrogens (tertiary/aromatic N) is 2. The second kappa shape index (κ2) is 12.3. The molecule has 4 aromatic rings. The highest BCUT2D eigenvalue weighted by Gasteiger charge is 2.43. The van der Waals surface area contributed by atoms with Gasteiger partial charge >= 0.3 is 6.03 Å². The molecule has 0 bridgehead atoms. The van der Waals surface area contributed by atoms with Crippen LogP contribution >= 0.6 is 45.8 Å². The summed E-state index contributed by atoms with van der Waals surface area (Å²) in [4.78, 5) is 42.8. The van der Waals surface area contributed by atoms with Gasteiger partial charge in [0.15, 0.2) is 11.5 Å². The van der Waals surface area contributed by atoms with Gasteiger partial charge in [-0.15, -0.1) is 0 Å². The Bertz CT molecular complexity index is 1620. The number of carbonyl (C=O) groups excluding carboxylic acids is 3. The SMILES string of the molecule is COc1cc(C=C2C(=O)N(c3ccccc3)C(=O)N(c3ccccc3)C2=O)cc(I)c1OCc1ccc(Cl)c(Cl)c1. The Hall–Kier alpha value is -3.86. The number of anilines is 2. The van der Waals surface area contributed by atoms with Gasteiger partial charge in [0, 0.05) is 0 Å². The van der Waals surface area contributed by atoms with Crippen molar-refractivity contribution in [2.75, 3.05) is 16.9 Å². The minimum absolute atomic E-state index is 0.181. The number of urea groups is 1. The van der Waals surface area contributed by atoms with Gasteiger partial charge in [-0.25, -0.2) is 14.6 Å². The molecule has 4 amide bonds. The van der Waals surface area contributed by atoms with Gasteiger partial charge in [0.25, 0.3) is 11.8 Å². The van der Waals surface area contributed by atoms with Gasteiger partial charge in [-0.3, -0.25) is 9.59 Å². The molecule has 0 N–H and O–H groups in total. The Labute approximate surface area is 260 Å². The molecule has 0 spiro atoms. The molecule has 1 saturated heterocycles. The van der Waals surface area contributed by atoms with Crippen LogP contribution in [-0.2, 0) is 16.2 Å². The van der Waals surface area contributed by atoms with Crippen molar-refractivity contribution >= 4 is 81.1 Å². The molecule has 206 valence electrons. The van der Waals surface area contributed by atoms with E-state index in [0.717, 1.165) is 15.4 Å². The summed E-state index contributed by atoms with van der Waals surface area (Å²) < 4.78 is 12.3. The molecule has 0 aromatic heterocycles. The highest BCUT2D eigenvalue weighted by atomic mass is 127. The summed E-state index contributed by atoms with van der Waals surface area (Å²) in [7, 11) is 1.50. The van der Waals surface area contributed by atoms with E-state index < -0.39 is 17.8 Å². The fourth-order valence-corrected chi connectivity index (χ4v) is 5.36.